The molecule has 0 bridgehead atoms. The van der Waals surface area contributed by atoms with E-state index < -0.39 is 11.5 Å². The van der Waals surface area contributed by atoms with E-state index >= 15 is 0 Å². The molecule has 1 saturated carbocycles. The van der Waals surface area contributed by atoms with Crippen LogP contribution >= 0.6 is 0 Å². The molecule has 0 atom stereocenters. The van der Waals surface area contributed by atoms with Gasteiger partial charge < -0.3 is 10.4 Å². The van der Waals surface area contributed by atoms with E-state index in [9.17, 15) is 14.7 Å². The molecule has 1 aromatic heterocycles. The van der Waals surface area contributed by atoms with Crippen molar-refractivity contribution in [2.45, 2.75) is 52.0 Å². The molecule has 2 aromatic rings. The van der Waals surface area contributed by atoms with E-state index in [1.54, 1.807) is 4.68 Å². The molecular weight excluding hydrogens is 318 g/mol. The number of nitrogens with zero attached hydrogens (tertiary/aromatic N) is 2. The zero-order valence-electron chi connectivity index (χ0n) is 14.8. The molecule has 1 fully saturated rings. The number of carboxylic acids is 1. The highest BCUT2D eigenvalue weighted by Crippen LogP contribution is 2.30. The summed E-state index contributed by atoms with van der Waals surface area (Å²) in [6, 6.07) is 6.07. The maximum Gasteiger partial charge on any atom is 0.329 e. The van der Waals surface area contributed by atoms with Crippen molar-refractivity contribution in [3.63, 3.8) is 0 Å². The summed E-state index contributed by atoms with van der Waals surface area (Å²) in [7, 11) is 0. The maximum atomic E-state index is 12.7. The number of aromatic nitrogens is 2. The van der Waals surface area contributed by atoms with Gasteiger partial charge in [-0.3, -0.25) is 4.79 Å². The van der Waals surface area contributed by atoms with E-state index in [1.807, 2.05) is 39.0 Å². The fourth-order valence-electron chi connectivity index (χ4n) is 3.48. The predicted octanol–water partition coefficient (Wildman–Crippen LogP) is 2.92. The summed E-state index contributed by atoms with van der Waals surface area (Å²) < 4.78 is 1.74. The first-order valence-corrected chi connectivity index (χ1v) is 8.52. The van der Waals surface area contributed by atoms with Gasteiger partial charge in [0.25, 0.3) is 5.91 Å². The van der Waals surface area contributed by atoms with Crippen LogP contribution in [0.5, 0.6) is 0 Å². The van der Waals surface area contributed by atoms with Crippen LogP contribution in [-0.4, -0.2) is 32.3 Å². The lowest BCUT2D eigenvalue weighted by Crippen LogP contribution is -2.52. The number of aliphatic carboxylic acids is 1. The number of aryl methyl sites for hydroxylation is 2. The summed E-state index contributed by atoms with van der Waals surface area (Å²) in [4.78, 5) is 24.3. The molecule has 6 nitrogen and oxygen atoms in total. The van der Waals surface area contributed by atoms with Gasteiger partial charge in [-0.15, -0.1) is 0 Å². The van der Waals surface area contributed by atoms with Crippen LogP contribution in [0.15, 0.2) is 24.4 Å². The third-order valence-electron chi connectivity index (χ3n) is 5.07. The number of hydrogen-bond acceptors (Lipinski definition) is 3. The molecule has 1 aliphatic carbocycles. The highest BCUT2D eigenvalue weighted by atomic mass is 16.4. The molecule has 2 N–H and O–H groups in total. The molecule has 1 aliphatic rings. The zero-order chi connectivity index (χ0) is 18.2. The first-order chi connectivity index (χ1) is 11.8. The van der Waals surface area contributed by atoms with E-state index in [0.29, 0.717) is 24.1 Å². The second-order valence-electron chi connectivity index (χ2n) is 6.89. The molecule has 6 heteroatoms. The fourth-order valence-corrected chi connectivity index (χ4v) is 3.48. The Labute approximate surface area is 146 Å². The summed E-state index contributed by atoms with van der Waals surface area (Å²) in [6.07, 6.45) is 4.08. The monoisotopic (exact) mass is 341 g/mol. The summed E-state index contributed by atoms with van der Waals surface area (Å²) in [5, 5.41) is 16.7. The molecular formula is C19H23N3O3. The van der Waals surface area contributed by atoms with Crippen LogP contribution in [0.1, 0.15) is 52.9 Å². The first-order valence-electron chi connectivity index (χ1n) is 8.52. The third-order valence-corrected chi connectivity index (χ3v) is 5.07. The van der Waals surface area contributed by atoms with Crippen molar-refractivity contribution in [1.29, 1.82) is 0 Å². The van der Waals surface area contributed by atoms with E-state index in [-0.39, 0.29) is 5.91 Å². The predicted molar refractivity (Wildman–Crippen MR) is 94.1 cm³/mol. The van der Waals surface area contributed by atoms with Crippen molar-refractivity contribution in [3.8, 4) is 5.69 Å². The van der Waals surface area contributed by atoms with Gasteiger partial charge in [-0.2, -0.15) is 5.10 Å². The minimum absolute atomic E-state index is 0.377. The van der Waals surface area contributed by atoms with Crippen LogP contribution < -0.4 is 5.32 Å². The summed E-state index contributed by atoms with van der Waals surface area (Å²) in [5.74, 6) is -1.34. The van der Waals surface area contributed by atoms with Crippen LogP contribution in [0, 0.1) is 20.8 Å². The van der Waals surface area contributed by atoms with Gasteiger partial charge in [-0.05, 0) is 50.8 Å². The van der Waals surface area contributed by atoms with Crippen molar-refractivity contribution in [2.75, 3.05) is 0 Å². The van der Waals surface area contributed by atoms with E-state index in [2.05, 4.69) is 10.4 Å². The van der Waals surface area contributed by atoms with Gasteiger partial charge in [-0.1, -0.05) is 25.0 Å². The number of carboxylic acid groups (broad SMARTS) is 1. The number of carbonyl (C=O) groups excluding carboxylic acids is 1. The smallest absolute Gasteiger partial charge is 0.329 e. The second-order valence-corrected chi connectivity index (χ2v) is 6.89. The number of hydrogen-bond donors (Lipinski definition) is 2. The Bertz CT molecular complexity index is 832. The van der Waals surface area contributed by atoms with Crippen LogP contribution in [0.2, 0.25) is 0 Å². The van der Waals surface area contributed by atoms with Crippen LogP contribution in [-0.2, 0) is 4.79 Å². The molecule has 0 radical (unpaired) electrons. The second kappa shape index (κ2) is 6.35. The molecule has 1 amide bonds. The molecule has 132 valence electrons. The van der Waals surface area contributed by atoms with E-state index in [1.165, 1.54) is 6.20 Å². The zero-order valence-corrected chi connectivity index (χ0v) is 14.8. The summed E-state index contributed by atoms with van der Waals surface area (Å²) >= 11 is 0. The maximum absolute atomic E-state index is 12.7. The Morgan fingerprint density at radius 1 is 1.20 bits per heavy atom. The lowest BCUT2D eigenvalue weighted by molar-refractivity contribution is -0.144. The topological polar surface area (TPSA) is 84.2 Å². The number of rotatable bonds is 4. The van der Waals surface area contributed by atoms with Crippen molar-refractivity contribution in [1.82, 2.24) is 15.1 Å². The lowest BCUT2D eigenvalue weighted by atomic mass is 9.97. The minimum atomic E-state index is -1.15. The molecule has 3 rings (SSSR count). The standard InChI is InChI=1S/C19H23N3O3/c1-12-6-7-13(2)16(10-12)22-14(3)15(11-20-22)17(23)21-19(18(24)25)8-4-5-9-19/h6-7,10-11H,4-5,8-9H2,1-3H3,(H,21,23)(H,24,25). The Morgan fingerprint density at radius 3 is 2.52 bits per heavy atom. The number of benzene rings is 1. The Hall–Kier alpha value is -2.63. The molecule has 1 aromatic carbocycles. The summed E-state index contributed by atoms with van der Waals surface area (Å²) in [6.45, 7) is 5.82. The molecule has 0 aliphatic heterocycles. The van der Waals surface area contributed by atoms with Crippen molar-refractivity contribution in [2.24, 2.45) is 0 Å². The Kier molecular flexibility index (Phi) is 4.37. The fraction of sp³-hybridized carbons (Fsp3) is 0.421. The van der Waals surface area contributed by atoms with E-state index in [4.69, 9.17) is 0 Å². The summed E-state index contributed by atoms with van der Waals surface area (Å²) in [5.41, 5.74) is 3.05. The minimum Gasteiger partial charge on any atom is -0.480 e. The first kappa shape index (κ1) is 17.2. The number of nitrogens with one attached hydrogen (secondary N) is 1. The number of carbonyl (C=O) groups is 2. The molecule has 25 heavy (non-hydrogen) atoms. The highest BCUT2D eigenvalue weighted by Gasteiger charge is 2.43. The van der Waals surface area contributed by atoms with Gasteiger partial charge in [0.1, 0.15) is 5.54 Å². The van der Waals surface area contributed by atoms with Crippen LogP contribution in [0.4, 0.5) is 0 Å². The van der Waals surface area contributed by atoms with Crippen molar-refractivity contribution < 1.29 is 14.7 Å². The Balaban J connectivity index is 1.92. The largest absolute Gasteiger partial charge is 0.480 e. The lowest BCUT2D eigenvalue weighted by Gasteiger charge is -2.25. The van der Waals surface area contributed by atoms with Crippen molar-refractivity contribution in [3.05, 3.63) is 46.8 Å². The van der Waals surface area contributed by atoms with Crippen LogP contribution in [0.25, 0.3) is 5.69 Å². The van der Waals surface area contributed by atoms with Crippen molar-refractivity contribution >= 4 is 11.9 Å². The number of amides is 1. The van der Waals surface area contributed by atoms with E-state index in [0.717, 1.165) is 29.7 Å². The third kappa shape index (κ3) is 3.04. The van der Waals surface area contributed by atoms with Gasteiger partial charge >= 0.3 is 5.97 Å². The van der Waals surface area contributed by atoms with Gasteiger partial charge in [0, 0.05) is 0 Å². The van der Waals surface area contributed by atoms with Gasteiger partial charge in [0.2, 0.25) is 0 Å². The van der Waals surface area contributed by atoms with Gasteiger partial charge in [-0.25, -0.2) is 9.48 Å². The molecule has 0 unspecified atom stereocenters. The quantitative estimate of drug-likeness (QED) is 0.895. The molecule has 0 saturated heterocycles. The molecule has 0 spiro atoms. The Morgan fingerprint density at radius 2 is 1.88 bits per heavy atom. The molecule has 1 heterocycles. The van der Waals surface area contributed by atoms with Gasteiger partial charge in [0.05, 0.1) is 23.1 Å². The normalized spacial score (nSPS) is 16.0. The average molecular weight is 341 g/mol. The SMILES string of the molecule is Cc1ccc(C)c(-n2ncc(C(=O)NC3(C(=O)O)CCCC3)c2C)c1. The average Bonchev–Trinajstić information content (AvgIpc) is 3.17. The van der Waals surface area contributed by atoms with Crippen LogP contribution in [0.3, 0.4) is 0 Å². The van der Waals surface area contributed by atoms with Gasteiger partial charge in [0.15, 0.2) is 0 Å². The highest BCUT2D eigenvalue weighted by molar-refractivity contribution is 5.98.